The fourth-order valence-corrected chi connectivity index (χ4v) is 2.35. The molecule has 3 unspecified atom stereocenters. The molecule has 0 aromatic carbocycles. The van der Waals surface area contributed by atoms with Gasteiger partial charge in [-0.15, -0.1) is 0 Å². The third-order valence-electron chi connectivity index (χ3n) is 3.48. The number of aliphatic hydroxyl groups excluding tert-OH is 1. The van der Waals surface area contributed by atoms with Crippen molar-refractivity contribution < 1.29 is 19.4 Å². The van der Waals surface area contributed by atoms with Crippen molar-refractivity contribution in [2.45, 2.75) is 31.5 Å². The first-order valence-corrected chi connectivity index (χ1v) is 6.66. The lowest BCUT2D eigenvalue weighted by Gasteiger charge is -2.29. The summed E-state index contributed by atoms with van der Waals surface area (Å²) in [5.41, 5.74) is 0. The number of nitrogens with zero attached hydrogens (tertiary/aromatic N) is 1. The van der Waals surface area contributed by atoms with E-state index in [9.17, 15) is 14.7 Å². The van der Waals surface area contributed by atoms with E-state index in [1.54, 1.807) is 11.8 Å². The molecule has 7 nitrogen and oxygen atoms in total. The monoisotopic (exact) mass is 271 g/mol. The van der Waals surface area contributed by atoms with Gasteiger partial charge in [-0.05, 0) is 13.3 Å². The van der Waals surface area contributed by atoms with E-state index in [0.717, 1.165) is 0 Å². The molecule has 3 atom stereocenters. The number of β-amino-alcohol motifs (C(OH)–C–C–N with tert-alkyl or cyclic N) is 1. The Labute approximate surface area is 112 Å². The Morgan fingerprint density at radius 2 is 2.11 bits per heavy atom. The fourth-order valence-electron chi connectivity index (χ4n) is 2.35. The van der Waals surface area contributed by atoms with Gasteiger partial charge in [0.1, 0.15) is 6.04 Å². The van der Waals surface area contributed by atoms with Crippen molar-refractivity contribution >= 4 is 11.8 Å². The second-order valence-electron chi connectivity index (χ2n) is 5.02. The van der Waals surface area contributed by atoms with Gasteiger partial charge < -0.3 is 25.4 Å². The van der Waals surface area contributed by atoms with Crippen molar-refractivity contribution in [1.29, 1.82) is 0 Å². The molecule has 2 saturated heterocycles. The van der Waals surface area contributed by atoms with Gasteiger partial charge in [-0.2, -0.15) is 0 Å². The molecule has 2 aliphatic heterocycles. The Kier molecular flexibility index (Phi) is 4.73. The van der Waals surface area contributed by atoms with Gasteiger partial charge in [-0.1, -0.05) is 0 Å². The van der Waals surface area contributed by atoms with Crippen LogP contribution in [-0.4, -0.2) is 72.9 Å². The van der Waals surface area contributed by atoms with E-state index in [-0.39, 0.29) is 11.8 Å². The number of rotatable bonds is 3. The SMILES string of the molecule is CC(NC(=O)C1CC(O)CN1)C(=O)N1CCOCC1. The van der Waals surface area contributed by atoms with Gasteiger partial charge in [0.05, 0.1) is 25.4 Å². The Morgan fingerprint density at radius 1 is 1.42 bits per heavy atom. The van der Waals surface area contributed by atoms with Crippen LogP contribution in [0.4, 0.5) is 0 Å². The Balaban J connectivity index is 1.80. The molecule has 0 spiro atoms. The number of carbonyl (C=O) groups excluding carboxylic acids is 2. The number of hydrogen-bond acceptors (Lipinski definition) is 5. The van der Waals surface area contributed by atoms with Crippen molar-refractivity contribution in [1.82, 2.24) is 15.5 Å². The van der Waals surface area contributed by atoms with E-state index in [0.29, 0.717) is 39.3 Å². The smallest absolute Gasteiger partial charge is 0.245 e. The molecule has 0 aromatic rings. The molecule has 2 amide bonds. The lowest BCUT2D eigenvalue weighted by Crippen LogP contribution is -2.53. The summed E-state index contributed by atoms with van der Waals surface area (Å²) in [6, 6.07) is -0.958. The van der Waals surface area contributed by atoms with Gasteiger partial charge in [-0.25, -0.2) is 0 Å². The maximum Gasteiger partial charge on any atom is 0.245 e. The number of amides is 2. The van der Waals surface area contributed by atoms with Crippen LogP contribution < -0.4 is 10.6 Å². The Bertz CT molecular complexity index is 344. The molecule has 2 heterocycles. The number of nitrogens with one attached hydrogen (secondary N) is 2. The Morgan fingerprint density at radius 3 is 2.68 bits per heavy atom. The Hall–Kier alpha value is -1.18. The lowest BCUT2D eigenvalue weighted by molar-refractivity contribution is -0.139. The number of ether oxygens (including phenoxy) is 1. The minimum absolute atomic E-state index is 0.0878. The van der Waals surface area contributed by atoms with Crippen molar-refractivity contribution in [2.24, 2.45) is 0 Å². The lowest BCUT2D eigenvalue weighted by atomic mass is 10.1. The summed E-state index contributed by atoms with van der Waals surface area (Å²) >= 11 is 0. The topological polar surface area (TPSA) is 90.9 Å². The number of aliphatic hydroxyl groups is 1. The van der Waals surface area contributed by atoms with Crippen LogP contribution in [0.2, 0.25) is 0 Å². The van der Waals surface area contributed by atoms with E-state index in [2.05, 4.69) is 10.6 Å². The van der Waals surface area contributed by atoms with Gasteiger partial charge in [0.15, 0.2) is 0 Å². The summed E-state index contributed by atoms with van der Waals surface area (Å²) < 4.78 is 5.18. The summed E-state index contributed by atoms with van der Waals surface area (Å²) in [4.78, 5) is 25.7. The van der Waals surface area contributed by atoms with Crippen LogP contribution in [-0.2, 0) is 14.3 Å². The van der Waals surface area contributed by atoms with E-state index in [1.165, 1.54) is 0 Å². The minimum Gasteiger partial charge on any atom is -0.392 e. The normalized spacial score (nSPS) is 29.1. The maximum absolute atomic E-state index is 12.1. The second-order valence-corrected chi connectivity index (χ2v) is 5.02. The molecule has 0 bridgehead atoms. The summed E-state index contributed by atoms with van der Waals surface area (Å²) in [7, 11) is 0. The zero-order valence-electron chi connectivity index (χ0n) is 11.1. The molecule has 2 rings (SSSR count). The number of hydrogen-bond donors (Lipinski definition) is 3. The number of morpholine rings is 1. The molecule has 19 heavy (non-hydrogen) atoms. The van der Waals surface area contributed by atoms with Gasteiger partial charge in [0, 0.05) is 19.6 Å². The quantitative estimate of drug-likeness (QED) is 0.556. The third kappa shape index (κ3) is 3.65. The molecule has 0 saturated carbocycles. The standard InChI is InChI=1S/C12H21N3O4/c1-8(12(18)15-2-4-19-5-3-15)14-11(17)10-6-9(16)7-13-10/h8-10,13,16H,2-7H2,1H3,(H,14,17). The van der Waals surface area contributed by atoms with E-state index in [4.69, 9.17) is 4.74 Å². The summed E-state index contributed by atoms with van der Waals surface area (Å²) in [5.74, 6) is -0.319. The second kappa shape index (κ2) is 6.31. The molecule has 2 aliphatic rings. The average molecular weight is 271 g/mol. The van der Waals surface area contributed by atoms with Gasteiger partial charge >= 0.3 is 0 Å². The fraction of sp³-hybridized carbons (Fsp3) is 0.833. The molecule has 2 fully saturated rings. The van der Waals surface area contributed by atoms with Crippen LogP contribution in [0.1, 0.15) is 13.3 Å². The highest BCUT2D eigenvalue weighted by Gasteiger charge is 2.31. The summed E-state index contributed by atoms with van der Waals surface area (Å²) in [6.45, 7) is 4.33. The van der Waals surface area contributed by atoms with Crippen molar-refractivity contribution in [2.75, 3.05) is 32.8 Å². The van der Waals surface area contributed by atoms with Gasteiger partial charge in [0.2, 0.25) is 11.8 Å². The van der Waals surface area contributed by atoms with Crippen LogP contribution in [0, 0.1) is 0 Å². The average Bonchev–Trinajstić information content (AvgIpc) is 2.85. The van der Waals surface area contributed by atoms with Crippen molar-refractivity contribution in [3.05, 3.63) is 0 Å². The van der Waals surface area contributed by atoms with Gasteiger partial charge in [-0.3, -0.25) is 9.59 Å². The number of carbonyl (C=O) groups is 2. The molecule has 0 radical (unpaired) electrons. The predicted octanol–water partition coefficient (Wildman–Crippen LogP) is -1.93. The van der Waals surface area contributed by atoms with Crippen LogP contribution in [0.25, 0.3) is 0 Å². The molecular formula is C12H21N3O4. The van der Waals surface area contributed by atoms with E-state index < -0.39 is 18.2 Å². The highest BCUT2D eigenvalue weighted by Crippen LogP contribution is 2.07. The first-order valence-electron chi connectivity index (χ1n) is 6.66. The highest BCUT2D eigenvalue weighted by molar-refractivity contribution is 5.89. The zero-order valence-corrected chi connectivity index (χ0v) is 11.1. The van der Waals surface area contributed by atoms with Crippen LogP contribution in [0.5, 0.6) is 0 Å². The van der Waals surface area contributed by atoms with Crippen LogP contribution >= 0.6 is 0 Å². The summed E-state index contributed by atoms with van der Waals surface area (Å²) in [5, 5.41) is 15.0. The third-order valence-corrected chi connectivity index (χ3v) is 3.48. The first kappa shape index (κ1) is 14.2. The van der Waals surface area contributed by atoms with Gasteiger partial charge in [0.25, 0.3) is 0 Å². The van der Waals surface area contributed by atoms with Crippen molar-refractivity contribution in [3.63, 3.8) is 0 Å². The largest absolute Gasteiger partial charge is 0.392 e. The molecule has 108 valence electrons. The van der Waals surface area contributed by atoms with Crippen LogP contribution in [0.3, 0.4) is 0 Å². The molecule has 0 aromatic heterocycles. The minimum atomic E-state index is -0.551. The molecule has 7 heteroatoms. The van der Waals surface area contributed by atoms with E-state index in [1.807, 2.05) is 0 Å². The maximum atomic E-state index is 12.1. The molecular weight excluding hydrogens is 250 g/mol. The molecule has 3 N–H and O–H groups in total. The highest BCUT2D eigenvalue weighted by atomic mass is 16.5. The first-order chi connectivity index (χ1) is 9.08. The predicted molar refractivity (Wildman–Crippen MR) is 67.4 cm³/mol. The van der Waals surface area contributed by atoms with Crippen molar-refractivity contribution in [3.8, 4) is 0 Å². The summed E-state index contributed by atoms with van der Waals surface area (Å²) in [6.07, 6.45) is -0.0920. The van der Waals surface area contributed by atoms with E-state index >= 15 is 0 Å². The molecule has 0 aliphatic carbocycles. The zero-order chi connectivity index (χ0) is 13.8. The van der Waals surface area contributed by atoms with Crippen LogP contribution in [0.15, 0.2) is 0 Å².